The number of piperidine rings is 1. The molecule has 112 valence electrons. The Morgan fingerprint density at radius 3 is 2.42 bits per heavy atom. The Balaban J connectivity index is 2.51. The minimum absolute atomic E-state index is 0.102. The first-order chi connectivity index (χ1) is 8.87. The lowest BCUT2D eigenvalue weighted by Crippen LogP contribution is -2.46. The van der Waals surface area contributed by atoms with Crippen LogP contribution in [-0.4, -0.2) is 54.8 Å². The van der Waals surface area contributed by atoms with Gasteiger partial charge in [-0.15, -0.1) is 0 Å². The number of carbonyl (C=O) groups is 1. The second-order valence-corrected chi connectivity index (χ2v) is 7.16. The lowest BCUT2D eigenvalue weighted by Gasteiger charge is -2.33. The summed E-state index contributed by atoms with van der Waals surface area (Å²) >= 11 is 0. The van der Waals surface area contributed by atoms with E-state index in [1.807, 2.05) is 6.92 Å². The molecule has 0 saturated carbocycles. The van der Waals surface area contributed by atoms with E-state index in [0.717, 1.165) is 12.8 Å². The molecule has 0 bridgehead atoms. The number of nitrogens with zero attached hydrogens (tertiary/aromatic N) is 2. The molecule has 0 atom stereocenters. The van der Waals surface area contributed by atoms with Crippen molar-refractivity contribution in [3.8, 4) is 0 Å². The fraction of sp³-hybridized carbons (Fsp3) is 0.917. The van der Waals surface area contributed by atoms with Gasteiger partial charge in [0.1, 0.15) is 0 Å². The van der Waals surface area contributed by atoms with E-state index >= 15 is 0 Å². The molecule has 0 amide bonds. The molecule has 19 heavy (non-hydrogen) atoms. The monoisotopic (exact) mass is 292 g/mol. The molecular weight excluding hydrogens is 268 g/mol. The third kappa shape index (κ3) is 4.74. The van der Waals surface area contributed by atoms with E-state index in [0.29, 0.717) is 32.5 Å². The molecule has 0 radical (unpaired) electrons. The van der Waals surface area contributed by atoms with Gasteiger partial charge in [0.25, 0.3) is 10.2 Å². The van der Waals surface area contributed by atoms with Crippen LogP contribution in [0.1, 0.15) is 39.0 Å². The van der Waals surface area contributed by atoms with Crippen LogP contribution in [0.15, 0.2) is 0 Å². The van der Waals surface area contributed by atoms with Gasteiger partial charge in [0.2, 0.25) is 0 Å². The van der Waals surface area contributed by atoms with Gasteiger partial charge in [-0.2, -0.15) is 17.0 Å². The highest BCUT2D eigenvalue weighted by atomic mass is 32.2. The summed E-state index contributed by atoms with van der Waals surface area (Å²) in [7, 11) is -1.76. The molecule has 0 aliphatic carbocycles. The Hall–Kier alpha value is -0.660. The average molecular weight is 292 g/mol. The summed E-state index contributed by atoms with van der Waals surface area (Å²) in [6, 6.07) is 0. The molecule has 1 heterocycles. The summed E-state index contributed by atoms with van der Waals surface area (Å²) < 4.78 is 27.4. The Labute approximate surface area is 115 Å². The van der Waals surface area contributed by atoms with Crippen LogP contribution in [0.3, 0.4) is 0 Å². The Bertz CT molecular complexity index is 389. The van der Waals surface area contributed by atoms with E-state index in [2.05, 4.69) is 0 Å². The van der Waals surface area contributed by atoms with Crippen molar-refractivity contribution in [1.29, 1.82) is 0 Å². The lowest BCUT2D eigenvalue weighted by atomic mass is 9.95. The minimum atomic E-state index is -3.37. The van der Waals surface area contributed by atoms with Gasteiger partial charge in [0, 0.05) is 33.1 Å². The lowest BCUT2D eigenvalue weighted by molar-refractivity contribution is -0.138. The fourth-order valence-corrected chi connectivity index (χ4v) is 3.71. The zero-order chi connectivity index (χ0) is 14.5. The van der Waals surface area contributed by atoms with E-state index in [9.17, 15) is 13.2 Å². The Morgan fingerprint density at radius 1 is 1.37 bits per heavy atom. The molecule has 1 aliphatic heterocycles. The second kappa shape index (κ2) is 7.21. The van der Waals surface area contributed by atoms with Crippen LogP contribution < -0.4 is 0 Å². The van der Waals surface area contributed by atoms with Crippen molar-refractivity contribution < 1.29 is 18.3 Å². The average Bonchev–Trinajstić information content (AvgIpc) is 2.35. The summed E-state index contributed by atoms with van der Waals surface area (Å²) in [4.78, 5) is 10.6. The molecule has 0 aromatic carbocycles. The number of carboxylic acid groups (broad SMARTS) is 1. The van der Waals surface area contributed by atoms with Crippen molar-refractivity contribution in [2.45, 2.75) is 39.0 Å². The first-order valence-electron chi connectivity index (χ1n) is 6.81. The molecule has 0 aromatic rings. The van der Waals surface area contributed by atoms with Crippen molar-refractivity contribution in [3.63, 3.8) is 0 Å². The maximum absolute atomic E-state index is 12.3. The van der Waals surface area contributed by atoms with Crippen molar-refractivity contribution >= 4 is 16.2 Å². The number of carboxylic acids is 1. The first-order valence-corrected chi connectivity index (χ1v) is 8.20. The topological polar surface area (TPSA) is 77.9 Å². The molecule has 1 aliphatic rings. The molecule has 1 rings (SSSR count). The third-order valence-corrected chi connectivity index (χ3v) is 5.57. The third-order valence-electron chi connectivity index (χ3n) is 3.58. The summed E-state index contributed by atoms with van der Waals surface area (Å²) in [5.74, 6) is -0.703. The number of rotatable bonds is 7. The van der Waals surface area contributed by atoms with Crippen LogP contribution in [0.5, 0.6) is 0 Å². The van der Waals surface area contributed by atoms with E-state index in [-0.39, 0.29) is 12.3 Å². The van der Waals surface area contributed by atoms with Crippen LogP contribution in [0, 0.1) is 5.92 Å². The van der Waals surface area contributed by atoms with Crippen LogP contribution >= 0.6 is 0 Å². The highest BCUT2D eigenvalue weighted by Gasteiger charge is 2.31. The predicted molar refractivity (Wildman–Crippen MR) is 73.0 cm³/mol. The molecule has 0 aromatic heterocycles. The maximum atomic E-state index is 12.3. The van der Waals surface area contributed by atoms with Crippen molar-refractivity contribution in [2.75, 3.05) is 26.7 Å². The summed E-state index contributed by atoms with van der Waals surface area (Å²) in [5, 5.41) is 8.74. The maximum Gasteiger partial charge on any atom is 0.303 e. The summed E-state index contributed by atoms with van der Waals surface area (Å²) in [5.41, 5.74) is 0. The SMILES string of the molecule is CCCCN(C)S(=O)(=O)N1CCC(CC(=O)O)CC1. The molecule has 0 unspecified atom stereocenters. The normalized spacial score (nSPS) is 18.9. The molecule has 1 N–H and O–H groups in total. The van der Waals surface area contributed by atoms with Gasteiger partial charge in [-0.3, -0.25) is 4.79 Å². The number of hydrogen-bond donors (Lipinski definition) is 1. The van der Waals surface area contributed by atoms with Crippen LogP contribution in [-0.2, 0) is 15.0 Å². The smallest absolute Gasteiger partial charge is 0.303 e. The van der Waals surface area contributed by atoms with E-state index in [4.69, 9.17) is 5.11 Å². The van der Waals surface area contributed by atoms with Crippen LogP contribution in [0.2, 0.25) is 0 Å². The Kier molecular flexibility index (Phi) is 6.22. The summed E-state index contributed by atoms with van der Waals surface area (Å²) in [6.45, 7) is 3.42. The van der Waals surface area contributed by atoms with Gasteiger partial charge in [-0.25, -0.2) is 0 Å². The van der Waals surface area contributed by atoms with Gasteiger partial charge in [-0.1, -0.05) is 13.3 Å². The van der Waals surface area contributed by atoms with E-state index in [1.54, 1.807) is 7.05 Å². The van der Waals surface area contributed by atoms with Crippen LogP contribution in [0.25, 0.3) is 0 Å². The quantitative estimate of drug-likeness (QED) is 0.763. The molecule has 6 nitrogen and oxygen atoms in total. The van der Waals surface area contributed by atoms with Gasteiger partial charge >= 0.3 is 5.97 Å². The molecule has 1 fully saturated rings. The number of hydrogen-bond acceptors (Lipinski definition) is 3. The number of unbranched alkanes of at least 4 members (excludes halogenated alkanes) is 1. The molecular formula is C12H24N2O4S. The van der Waals surface area contributed by atoms with Gasteiger partial charge in [0.05, 0.1) is 0 Å². The molecule has 1 saturated heterocycles. The van der Waals surface area contributed by atoms with E-state index < -0.39 is 16.2 Å². The zero-order valence-corrected chi connectivity index (χ0v) is 12.5. The second-order valence-electron chi connectivity index (χ2n) is 5.12. The number of aliphatic carboxylic acids is 1. The molecule has 7 heteroatoms. The van der Waals surface area contributed by atoms with Gasteiger partial charge in [0.15, 0.2) is 0 Å². The predicted octanol–water partition coefficient (Wildman–Crippen LogP) is 1.15. The van der Waals surface area contributed by atoms with Crippen molar-refractivity contribution in [3.05, 3.63) is 0 Å². The highest BCUT2D eigenvalue weighted by Crippen LogP contribution is 2.23. The fourth-order valence-electron chi connectivity index (χ4n) is 2.28. The molecule has 0 spiro atoms. The minimum Gasteiger partial charge on any atom is -0.481 e. The zero-order valence-electron chi connectivity index (χ0n) is 11.7. The van der Waals surface area contributed by atoms with Crippen LogP contribution in [0.4, 0.5) is 0 Å². The van der Waals surface area contributed by atoms with Crippen molar-refractivity contribution in [2.24, 2.45) is 5.92 Å². The Morgan fingerprint density at radius 2 is 1.95 bits per heavy atom. The summed E-state index contributed by atoms with van der Waals surface area (Å²) in [6.07, 6.45) is 3.21. The van der Waals surface area contributed by atoms with Crippen molar-refractivity contribution in [1.82, 2.24) is 8.61 Å². The standard InChI is InChI=1S/C12H24N2O4S/c1-3-4-7-13(2)19(17,18)14-8-5-11(6-9-14)10-12(15)16/h11H,3-10H2,1-2H3,(H,15,16). The first kappa shape index (κ1) is 16.4. The largest absolute Gasteiger partial charge is 0.481 e. The highest BCUT2D eigenvalue weighted by molar-refractivity contribution is 7.86. The van der Waals surface area contributed by atoms with Gasteiger partial charge in [-0.05, 0) is 25.2 Å². The van der Waals surface area contributed by atoms with E-state index in [1.165, 1.54) is 8.61 Å². The van der Waals surface area contributed by atoms with Gasteiger partial charge < -0.3 is 5.11 Å².